The van der Waals surface area contributed by atoms with E-state index in [4.69, 9.17) is 0 Å². The van der Waals surface area contributed by atoms with E-state index < -0.39 is 17.5 Å². The second kappa shape index (κ2) is 8.63. The van der Waals surface area contributed by atoms with Crippen LogP contribution in [-0.4, -0.2) is 4.31 Å². The lowest BCUT2D eigenvalue weighted by molar-refractivity contribution is 0.429. The molecule has 3 aromatic carbocycles. The molecule has 0 aliphatic carbocycles. The lowest BCUT2D eigenvalue weighted by Crippen LogP contribution is -2.15. The third kappa shape index (κ3) is 5.15. The molecule has 0 bridgehead atoms. The molecule has 1 nitrogen and oxygen atoms in total. The predicted molar refractivity (Wildman–Crippen MR) is 104 cm³/mol. The van der Waals surface area contributed by atoms with Gasteiger partial charge in [0.1, 0.15) is 0 Å². The van der Waals surface area contributed by atoms with Crippen LogP contribution >= 0.6 is 11.9 Å². The highest BCUT2D eigenvalue weighted by Gasteiger charge is 2.17. The normalized spacial score (nSPS) is 11.2. The first-order chi connectivity index (χ1) is 12.9. The molecule has 0 atom stereocenters. The van der Waals surface area contributed by atoms with Crippen LogP contribution in [0.2, 0.25) is 0 Å². The summed E-state index contributed by atoms with van der Waals surface area (Å²) >= 11 is 1.09. The molecular weight excluding hydrogens is 367 g/mol. The van der Waals surface area contributed by atoms with Crippen molar-refractivity contribution in [3.05, 3.63) is 100 Å². The van der Waals surface area contributed by atoms with Crippen molar-refractivity contribution in [1.82, 2.24) is 4.31 Å². The van der Waals surface area contributed by atoms with Crippen molar-refractivity contribution in [2.24, 2.45) is 0 Å². The van der Waals surface area contributed by atoms with Crippen molar-refractivity contribution in [3.8, 4) is 0 Å². The van der Waals surface area contributed by atoms with E-state index in [-0.39, 0.29) is 4.90 Å². The van der Waals surface area contributed by atoms with Gasteiger partial charge in [0.15, 0.2) is 17.5 Å². The summed E-state index contributed by atoms with van der Waals surface area (Å²) < 4.78 is 42.9. The zero-order valence-electron chi connectivity index (χ0n) is 15.2. The van der Waals surface area contributed by atoms with E-state index in [0.717, 1.165) is 40.3 Å². The zero-order valence-corrected chi connectivity index (χ0v) is 16.0. The second-order valence-corrected chi connectivity index (χ2v) is 7.67. The number of aryl methyl sites for hydroxylation is 2. The largest absolute Gasteiger partial charge is 0.237 e. The molecule has 27 heavy (non-hydrogen) atoms. The number of nitrogens with zero attached hydrogens (tertiary/aromatic N) is 1. The molecule has 3 rings (SSSR count). The van der Waals surface area contributed by atoms with E-state index in [0.29, 0.717) is 13.1 Å². The SMILES string of the molecule is Cc1ccc(CN(Cc2ccc(C)cc2)Sc2ccc(F)c(F)c2F)cc1. The highest BCUT2D eigenvalue weighted by atomic mass is 32.2. The number of hydrogen-bond acceptors (Lipinski definition) is 2. The van der Waals surface area contributed by atoms with Crippen LogP contribution in [-0.2, 0) is 13.1 Å². The molecule has 0 saturated carbocycles. The molecule has 0 aliphatic heterocycles. The van der Waals surface area contributed by atoms with Gasteiger partial charge in [0.2, 0.25) is 0 Å². The Hall–Kier alpha value is -2.24. The molecule has 0 unspecified atom stereocenters. The molecule has 0 amide bonds. The van der Waals surface area contributed by atoms with Crippen LogP contribution < -0.4 is 0 Å². The van der Waals surface area contributed by atoms with Gasteiger partial charge in [-0.2, -0.15) is 0 Å². The fourth-order valence-corrected chi connectivity index (χ4v) is 3.64. The maximum absolute atomic E-state index is 14.1. The van der Waals surface area contributed by atoms with Crippen molar-refractivity contribution >= 4 is 11.9 Å². The van der Waals surface area contributed by atoms with E-state index in [1.807, 2.05) is 66.7 Å². The fraction of sp³-hybridized carbons (Fsp3) is 0.182. The van der Waals surface area contributed by atoms with Crippen LogP contribution in [0.4, 0.5) is 13.2 Å². The second-order valence-electron chi connectivity index (χ2n) is 6.53. The molecule has 0 fully saturated rings. The van der Waals surface area contributed by atoms with Crippen molar-refractivity contribution in [2.75, 3.05) is 0 Å². The van der Waals surface area contributed by atoms with E-state index in [1.54, 1.807) is 0 Å². The summed E-state index contributed by atoms with van der Waals surface area (Å²) in [7, 11) is 0. The van der Waals surface area contributed by atoms with Gasteiger partial charge < -0.3 is 0 Å². The van der Waals surface area contributed by atoms with Gasteiger partial charge >= 0.3 is 0 Å². The van der Waals surface area contributed by atoms with Gasteiger partial charge in [0, 0.05) is 13.1 Å². The van der Waals surface area contributed by atoms with Crippen LogP contribution in [0.25, 0.3) is 0 Å². The minimum Gasteiger partial charge on any atom is -0.237 e. The average molecular weight is 387 g/mol. The summed E-state index contributed by atoms with van der Waals surface area (Å²) in [5.74, 6) is -3.77. The Balaban J connectivity index is 1.85. The Morgan fingerprint density at radius 2 is 1.15 bits per heavy atom. The summed E-state index contributed by atoms with van der Waals surface area (Å²) in [6.07, 6.45) is 0. The van der Waals surface area contributed by atoms with Crippen molar-refractivity contribution in [2.45, 2.75) is 31.8 Å². The van der Waals surface area contributed by atoms with Gasteiger partial charge in [-0.3, -0.25) is 0 Å². The molecule has 0 N–H and O–H groups in total. The van der Waals surface area contributed by atoms with E-state index in [1.165, 1.54) is 6.07 Å². The van der Waals surface area contributed by atoms with Crippen LogP contribution in [0.5, 0.6) is 0 Å². The number of benzene rings is 3. The molecule has 5 heteroatoms. The molecule has 140 valence electrons. The standard InChI is InChI=1S/C22H20F3NS/c1-15-3-7-17(8-4-15)13-26(14-18-9-5-16(2)6-10-18)27-20-12-11-19(23)21(24)22(20)25/h3-12H,13-14H2,1-2H3. The van der Waals surface area contributed by atoms with E-state index in [2.05, 4.69) is 0 Å². The van der Waals surface area contributed by atoms with Gasteiger partial charge in [0.25, 0.3) is 0 Å². The Kier molecular flexibility index (Phi) is 6.24. The highest BCUT2D eigenvalue weighted by Crippen LogP contribution is 2.30. The van der Waals surface area contributed by atoms with Crippen LogP contribution in [0.3, 0.4) is 0 Å². The smallest absolute Gasteiger partial charge is 0.195 e. The van der Waals surface area contributed by atoms with Crippen LogP contribution in [0.15, 0.2) is 65.6 Å². The lowest BCUT2D eigenvalue weighted by Gasteiger charge is -2.22. The number of hydrogen-bond donors (Lipinski definition) is 0. The summed E-state index contributed by atoms with van der Waals surface area (Å²) in [6.45, 7) is 5.10. The number of rotatable bonds is 6. The first kappa shape index (κ1) is 19.5. The van der Waals surface area contributed by atoms with Crippen LogP contribution in [0, 0.1) is 31.3 Å². The lowest BCUT2D eigenvalue weighted by atomic mass is 10.1. The van der Waals surface area contributed by atoms with E-state index >= 15 is 0 Å². The Morgan fingerprint density at radius 3 is 1.63 bits per heavy atom. The molecule has 0 aromatic heterocycles. The molecule has 0 spiro atoms. The summed E-state index contributed by atoms with van der Waals surface area (Å²) in [5.41, 5.74) is 4.43. The predicted octanol–water partition coefficient (Wildman–Crippen LogP) is 6.43. The maximum Gasteiger partial charge on any atom is 0.195 e. The third-order valence-electron chi connectivity index (χ3n) is 4.19. The number of halogens is 3. The summed E-state index contributed by atoms with van der Waals surface area (Å²) in [4.78, 5) is 0.0631. The van der Waals surface area contributed by atoms with Gasteiger partial charge in [-0.05, 0) is 49.1 Å². The zero-order chi connectivity index (χ0) is 19.4. The van der Waals surface area contributed by atoms with Crippen LogP contribution in [0.1, 0.15) is 22.3 Å². The monoisotopic (exact) mass is 387 g/mol. The Morgan fingerprint density at radius 1 is 0.667 bits per heavy atom. The molecule has 3 aromatic rings. The average Bonchev–Trinajstić information content (AvgIpc) is 2.66. The Labute approximate surface area is 162 Å². The quantitative estimate of drug-likeness (QED) is 0.354. The minimum absolute atomic E-state index is 0.0631. The molecule has 0 heterocycles. The van der Waals surface area contributed by atoms with Gasteiger partial charge in [-0.1, -0.05) is 59.7 Å². The van der Waals surface area contributed by atoms with Gasteiger partial charge in [0.05, 0.1) is 4.90 Å². The van der Waals surface area contributed by atoms with Gasteiger partial charge in [-0.25, -0.2) is 17.5 Å². The first-order valence-electron chi connectivity index (χ1n) is 8.60. The van der Waals surface area contributed by atoms with E-state index in [9.17, 15) is 13.2 Å². The maximum atomic E-state index is 14.1. The highest BCUT2D eigenvalue weighted by molar-refractivity contribution is 7.97. The first-order valence-corrected chi connectivity index (χ1v) is 9.37. The molecule has 0 radical (unpaired) electrons. The summed E-state index contributed by atoms with van der Waals surface area (Å²) in [5, 5.41) is 0. The molecule has 0 aliphatic rings. The van der Waals surface area contributed by atoms with Gasteiger partial charge in [-0.15, -0.1) is 0 Å². The fourth-order valence-electron chi connectivity index (χ4n) is 2.63. The topological polar surface area (TPSA) is 3.24 Å². The van der Waals surface area contributed by atoms with Crippen molar-refractivity contribution in [3.63, 3.8) is 0 Å². The van der Waals surface area contributed by atoms with Crippen molar-refractivity contribution < 1.29 is 13.2 Å². The van der Waals surface area contributed by atoms with Crippen molar-refractivity contribution in [1.29, 1.82) is 0 Å². The Bertz CT molecular complexity index is 861. The molecular formula is C22H20F3NS. The molecule has 0 saturated heterocycles. The summed E-state index contributed by atoms with van der Waals surface area (Å²) in [6, 6.07) is 18.3. The third-order valence-corrected chi connectivity index (χ3v) is 5.21. The minimum atomic E-state index is -1.44.